The van der Waals surface area contributed by atoms with Crippen LogP contribution < -0.4 is 5.32 Å². The molecule has 1 N–H and O–H groups in total. The van der Waals surface area contributed by atoms with E-state index in [2.05, 4.69) is 35.6 Å². The fourth-order valence-electron chi connectivity index (χ4n) is 3.41. The van der Waals surface area contributed by atoms with Gasteiger partial charge in [-0.15, -0.1) is 0 Å². The zero-order valence-corrected chi connectivity index (χ0v) is 16.4. The van der Waals surface area contributed by atoms with Crippen molar-refractivity contribution >= 4 is 22.6 Å². The van der Waals surface area contributed by atoms with Gasteiger partial charge in [-0.3, -0.25) is 9.59 Å². The highest BCUT2D eigenvalue weighted by atomic mass is 16.2. The maximum atomic E-state index is 12.8. The predicted octanol–water partition coefficient (Wildman–Crippen LogP) is 3.59. The van der Waals surface area contributed by atoms with Crippen molar-refractivity contribution in [1.29, 1.82) is 0 Å². The summed E-state index contributed by atoms with van der Waals surface area (Å²) in [6.45, 7) is 0. The molecule has 0 aromatic heterocycles. The lowest BCUT2D eigenvalue weighted by Gasteiger charge is -2.27. The maximum absolute atomic E-state index is 12.8. The lowest BCUT2D eigenvalue weighted by molar-refractivity contribution is -0.138. The lowest BCUT2D eigenvalue weighted by Crippen LogP contribution is -2.48. The Labute approximate surface area is 166 Å². The summed E-state index contributed by atoms with van der Waals surface area (Å²) in [5.41, 5.74) is 2.16. The number of carbonyl (C=O) groups is 2. The molecule has 0 unspecified atom stereocenters. The Morgan fingerprint density at radius 2 is 1.57 bits per heavy atom. The van der Waals surface area contributed by atoms with Gasteiger partial charge in [0.15, 0.2) is 0 Å². The van der Waals surface area contributed by atoms with Crippen molar-refractivity contribution < 1.29 is 9.59 Å². The molecular weight excluding hydrogens is 348 g/mol. The van der Waals surface area contributed by atoms with Gasteiger partial charge in [-0.25, -0.2) is 0 Å². The molecule has 3 aromatic rings. The Balaban J connectivity index is 1.67. The number of fused-ring (bicyclic) bond motifs is 1. The van der Waals surface area contributed by atoms with Crippen molar-refractivity contribution in [3.63, 3.8) is 0 Å². The number of aryl methyl sites for hydroxylation is 1. The van der Waals surface area contributed by atoms with Gasteiger partial charge in [-0.05, 0) is 28.3 Å². The summed E-state index contributed by atoms with van der Waals surface area (Å²) in [4.78, 5) is 26.7. The second-order valence-corrected chi connectivity index (χ2v) is 7.01. The van der Waals surface area contributed by atoms with Gasteiger partial charge in [-0.1, -0.05) is 72.8 Å². The minimum Gasteiger partial charge on any atom is -0.357 e. The van der Waals surface area contributed by atoms with Crippen LogP contribution in [0, 0.1) is 0 Å². The summed E-state index contributed by atoms with van der Waals surface area (Å²) < 4.78 is 0. The number of rotatable bonds is 7. The first-order valence-electron chi connectivity index (χ1n) is 9.57. The van der Waals surface area contributed by atoms with E-state index in [4.69, 9.17) is 0 Å². The SMILES string of the molecule is CNC(=O)[C@@H](Cc1ccccc1)N(C)C(=O)CCc1ccc2ccccc2c1. The number of nitrogens with zero attached hydrogens (tertiary/aromatic N) is 1. The summed E-state index contributed by atoms with van der Waals surface area (Å²) in [7, 11) is 3.32. The number of hydrogen-bond donors (Lipinski definition) is 1. The van der Waals surface area contributed by atoms with E-state index in [0.29, 0.717) is 19.3 Å². The molecule has 0 saturated carbocycles. The average Bonchev–Trinajstić information content (AvgIpc) is 2.75. The van der Waals surface area contributed by atoms with Crippen LogP contribution in [0.25, 0.3) is 10.8 Å². The molecule has 0 aliphatic rings. The van der Waals surface area contributed by atoms with Gasteiger partial charge >= 0.3 is 0 Å². The van der Waals surface area contributed by atoms with Crippen LogP contribution >= 0.6 is 0 Å². The summed E-state index contributed by atoms with van der Waals surface area (Å²) in [6, 6.07) is 23.7. The van der Waals surface area contributed by atoms with E-state index in [-0.39, 0.29) is 11.8 Å². The van der Waals surface area contributed by atoms with Gasteiger partial charge in [0.1, 0.15) is 6.04 Å². The fraction of sp³-hybridized carbons (Fsp3) is 0.250. The number of hydrogen-bond acceptors (Lipinski definition) is 2. The van der Waals surface area contributed by atoms with Crippen molar-refractivity contribution in [3.8, 4) is 0 Å². The minimum atomic E-state index is -0.517. The van der Waals surface area contributed by atoms with Gasteiger partial charge in [0, 0.05) is 26.9 Å². The molecule has 4 heteroatoms. The molecule has 0 saturated heterocycles. The van der Waals surface area contributed by atoms with Crippen molar-refractivity contribution in [2.24, 2.45) is 0 Å². The highest BCUT2D eigenvalue weighted by Crippen LogP contribution is 2.17. The Hall–Kier alpha value is -3.14. The standard InChI is InChI=1S/C24H26N2O2/c1-25-24(28)22(17-18-8-4-3-5-9-18)26(2)23(27)15-13-19-12-14-20-10-6-7-11-21(20)16-19/h3-12,14,16,22H,13,15,17H2,1-2H3,(H,25,28)/t22-/m1/s1. The Morgan fingerprint density at radius 3 is 2.29 bits per heavy atom. The van der Waals surface area contributed by atoms with E-state index in [9.17, 15) is 9.59 Å². The van der Waals surface area contributed by atoms with Gasteiger partial charge in [-0.2, -0.15) is 0 Å². The summed E-state index contributed by atoms with van der Waals surface area (Å²) >= 11 is 0. The molecule has 0 aliphatic heterocycles. The number of nitrogens with one attached hydrogen (secondary N) is 1. The minimum absolute atomic E-state index is 0.0299. The smallest absolute Gasteiger partial charge is 0.242 e. The predicted molar refractivity (Wildman–Crippen MR) is 113 cm³/mol. The van der Waals surface area contributed by atoms with Crippen LogP contribution in [0.5, 0.6) is 0 Å². The van der Waals surface area contributed by atoms with E-state index < -0.39 is 6.04 Å². The summed E-state index contributed by atoms with van der Waals surface area (Å²) in [6.07, 6.45) is 1.52. The highest BCUT2D eigenvalue weighted by Gasteiger charge is 2.26. The maximum Gasteiger partial charge on any atom is 0.242 e. The Bertz CT molecular complexity index is 953. The van der Waals surface area contributed by atoms with E-state index in [1.54, 1.807) is 19.0 Å². The van der Waals surface area contributed by atoms with Crippen LogP contribution in [-0.2, 0) is 22.4 Å². The van der Waals surface area contributed by atoms with Crippen molar-refractivity contribution in [2.45, 2.75) is 25.3 Å². The zero-order valence-electron chi connectivity index (χ0n) is 16.4. The van der Waals surface area contributed by atoms with Gasteiger partial charge < -0.3 is 10.2 Å². The van der Waals surface area contributed by atoms with Gasteiger partial charge in [0.2, 0.25) is 11.8 Å². The molecule has 144 valence electrons. The molecule has 3 aromatic carbocycles. The van der Waals surface area contributed by atoms with Crippen molar-refractivity contribution in [1.82, 2.24) is 10.2 Å². The van der Waals surface area contributed by atoms with E-state index in [1.165, 1.54) is 10.8 Å². The van der Waals surface area contributed by atoms with Crippen LogP contribution in [0.3, 0.4) is 0 Å². The van der Waals surface area contributed by atoms with Crippen LogP contribution in [0.4, 0.5) is 0 Å². The Kier molecular flexibility index (Phi) is 6.43. The second kappa shape index (κ2) is 9.18. The first kappa shape index (κ1) is 19.6. The van der Waals surface area contributed by atoms with Gasteiger partial charge in [0.25, 0.3) is 0 Å². The molecule has 0 aliphatic carbocycles. The summed E-state index contributed by atoms with van der Waals surface area (Å²) in [5, 5.41) is 5.05. The molecule has 0 bridgehead atoms. The molecule has 0 spiro atoms. The fourth-order valence-corrected chi connectivity index (χ4v) is 3.41. The van der Waals surface area contributed by atoms with Crippen molar-refractivity contribution in [3.05, 3.63) is 83.9 Å². The third-order valence-corrected chi connectivity index (χ3v) is 5.12. The molecule has 1 atom stereocenters. The zero-order chi connectivity index (χ0) is 19.9. The molecule has 3 rings (SSSR count). The Morgan fingerprint density at radius 1 is 0.893 bits per heavy atom. The van der Waals surface area contributed by atoms with Crippen LogP contribution in [0.2, 0.25) is 0 Å². The topological polar surface area (TPSA) is 49.4 Å². The lowest BCUT2D eigenvalue weighted by atomic mass is 10.0. The molecular formula is C24H26N2O2. The highest BCUT2D eigenvalue weighted by molar-refractivity contribution is 5.88. The number of carbonyl (C=O) groups excluding carboxylic acids is 2. The van der Waals surface area contributed by atoms with E-state index in [1.807, 2.05) is 42.5 Å². The van der Waals surface area contributed by atoms with Crippen molar-refractivity contribution in [2.75, 3.05) is 14.1 Å². The molecule has 0 fully saturated rings. The number of benzene rings is 3. The third-order valence-electron chi connectivity index (χ3n) is 5.12. The van der Waals surface area contributed by atoms with Crippen LogP contribution in [-0.4, -0.2) is 36.9 Å². The van der Waals surface area contributed by atoms with E-state index in [0.717, 1.165) is 11.1 Å². The van der Waals surface area contributed by atoms with Gasteiger partial charge in [0.05, 0.1) is 0 Å². The molecule has 0 heterocycles. The first-order valence-corrected chi connectivity index (χ1v) is 9.57. The molecule has 28 heavy (non-hydrogen) atoms. The second-order valence-electron chi connectivity index (χ2n) is 7.01. The first-order chi connectivity index (χ1) is 13.6. The molecule has 0 radical (unpaired) electrons. The normalized spacial score (nSPS) is 11.8. The number of likely N-dealkylation sites (N-methyl/N-ethyl adjacent to an activating group) is 2. The monoisotopic (exact) mass is 374 g/mol. The van der Waals surface area contributed by atoms with E-state index >= 15 is 0 Å². The third kappa shape index (κ3) is 4.77. The largest absolute Gasteiger partial charge is 0.357 e. The molecule has 4 nitrogen and oxygen atoms in total. The average molecular weight is 374 g/mol. The molecule has 2 amide bonds. The number of amides is 2. The van der Waals surface area contributed by atoms with Crippen LogP contribution in [0.1, 0.15) is 17.5 Å². The van der Waals surface area contributed by atoms with Crippen LogP contribution in [0.15, 0.2) is 72.8 Å². The quantitative estimate of drug-likeness (QED) is 0.687. The summed E-state index contributed by atoms with van der Waals surface area (Å²) in [5.74, 6) is -0.178.